The zero-order valence-corrected chi connectivity index (χ0v) is 17.5. The summed E-state index contributed by atoms with van der Waals surface area (Å²) in [6.07, 6.45) is -0.866. The molecule has 2 aromatic carbocycles. The number of benzene rings is 2. The Morgan fingerprint density at radius 3 is 2.29 bits per heavy atom. The van der Waals surface area contributed by atoms with Gasteiger partial charge in [-0.3, -0.25) is 14.8 Å². The average molecular weight is 449 g/mol. The van der Waals surface area contributed by atoms with Crippen molar-refractivity contribution in [2.75, 3.05) is 12.3 Å². The van der Waals surface area contributed by atoms with Crippen LogP contribution in [0.5, 0.6) is 0 Å². The Morgan fingerprint density at radius 2 is 1.68 bits per heavy atom. The summed E-state index contributed by atoms with van der Waals surface area (Å²) < 4.78 is 30.0. The van der Waals surface area contributed by atoms with Gasteiger partial charge in [0, 0.05) is 0 Å². The molecule has 2 rings (SSSR count). The highest BCUT2D eigenvalue weighted by Gasteiger charge is 2.28. The van der Waals surface area contributed by atoms with E-state index in [1.165, 1.54) is 17.6 Å². The van der Waals surface area contributed by atoms with Crippen LogP contribution in [0.2, 0.25) is 0 Å². The van der Waals surface area contributed by atoms with Crippen molar-refractivity contribution in [3.8, 4) is 0 Å². The molecule has 0 spiro atoms. The molecule has 2 aromatic rings. The molecule has 1 atom stereocenters. The molecule has 4 N–H and O–H groups in total. The van der Waals surface area contributed by atoms with Gasteiger partial charge in [-0.1, -0.05) is 48.0 Å². The molecule has 1 unspecified atom stereocenters. The van der Waals surface area contributed by atoms with Gasteiger partial charge in [-0.05, 0) is 24.6 Å². The Labute approximate surface area is 179 Å². The van der Waals surface area contributed by atoms with Crippen LogP contribution in [0.4, 0.5) is 4.79 Å². The van der Waals surface area contributed by atoms with Crippen LogP contribution in [0.1, 0.15) is 11.1 Å². The van der Waals surface area contributed by atoms with Gasteiger partial charge >= 0.3 is 6.09 Å². The van der Waals surface area contributed by atoms with Gasteiger partial charge in [0.25, 0.3) is 5.91 Å². The molecule has 0 saturated carbocycles. The van der Waals surface area contributed by atoms with E-state index in [-0.39, 0.29) is 11.5 Å². The maximum atomic E-state index is 12.5. The Hall–Kier alpha value is -3.44. The van der Waals surface area contributed by atoms with E-state index < -0.39 is 46.1 Å². The van der Waals surface area contributed by atoms with Crippen LogP contribution in [0.3, 0.4) is 0 Å². The van der Waals surface area contributed by atoms with Crippen LogP contribution in [0.25, 0.3) is 0 Å². The largest absolute Gasteiger partial charge is 0.445 e. The molecular weight excluding hydrogens is 426 g/mol. The summed E-state index contributed by atoms with van der Waals surface area (Å²) in [7, 11) is -3.95. The zero-order valence-electron chi connectivity index (χ0n) is 16.7. The van der Waals surface area contributed by atoms with Crippen molar-refractivity contribution in [1.29, 1.82) is 0 Å². The fourth-order valence-electron chi connectivity index (χ4n) is 2.49. The van der Waals surface area contributed by atoms with Crippen LogP contribution in [-0.2, 0) is 30.8 Å². The molecule has 166 valence electrons. The third-order valence-electron chi connectivity index (χ3n) is 4.13. The molecule has 31 heavy (non-hydrogen) atoms. The molecule has 0 aliphatic carbocycles. The molecule has 11 heteroatoms. The first-order valence-corrected chi connectivity index (χ1v) is 10.8. The normalized spacial score (nSPS) is 11.8. The number of aryl methyl sites for hydroxylation is 1. The second-order valence-electron chi connectivity index (χ2n) is 6.61. The van der Waals surface area contributed by atoms with Gasteiger partial charge in [0.05, 0.1) is 10.6 Å². The number of rotatable bonds is 9. The second kappa shape index (κ2) is 11.1. The number of sulfone groups is 1. The molecule has 0 saturated heterocycles. The molecule has 10 nitrogen and oxygen atoms in total. The predicted octanol–water partition coefficient (Wildman–Crippen LogP) is 0.685. The van der Waals surface area contributed by atoms with Crippen LogP contribution >= 0.6 is 0 Å². The van der Waals surface area contributed by atoms with E-state index in [0.29, 0.717) is 0 Å². The van der Waals surface area contributed by atoms with Crippen molar-refractivity contribution < 1.29 is 32.7 Å². The minimum atomic E-state index is -3.95. The summed E-state index contributed by atoms with van der Waals surface area (Å²) in [6, 6.07) is 13.3. The van der Waals surface area contributed by atoms with Gasteiger partial charge in [-0.25, -0.2) is 18.7 Å². The zero-order chi connectivity index (χ0) is 22.9. The van der Waals surface area contributed by atoms with Crippen LogP contribution in [-0.4, -0.2) is 49.9 Å². The Kier molecular flexibility index (Phi) is 8.53. The highest BCUT2D eigenvalue weighted by Crippen LogP contribution is 2.13. The van der Waals surface area contributed by atoms with Crippen molar-refractivity contribution in [2.24, 2.45) is 0 Å². The number of hydroxylamine groups is 1. The van der Waals surface area contributed by atoms with E-state index in [2.05, 4.69) is 10.6 Å². The van der Waals surface area contributed by atoms with Gasteiger partial charge in [-0.15, -0.1) is 0 Å². The quantitative estimate of drug-likeness (QED) is 0.325. The summed E-state index contributed by atoms with van der Waals surface area (Å²) in [5.74, 6) is -2.74. The second-order valence-corrected chi connectivity index (χ2v) is 8.64. The first-order valence-electron chi connectivity index (χ1n) is 9.18. The van der Waals surface area contributed by atoms with E-state index in [9.17, 15) is 22.8 Å². The fourth-order valence-corrected chi connectivity index (χ4v) is 3.91. The lowest BCUT2D eigenvalue weighted by Gasteiger charge is -2.17. The van der Waals surface area contributed by atoms with Crippen molar-refractivity contribution >= 4 is 27.7 Å². The lowest BCUT2D eigenvalue weighted by atomic mass is 10.2. The third kappa shape index (κ3) is 7.72. The highest BCUT2D eigenvalue weighted by atomic mass is 32.2. The van der Waals surface area contributed by atoms with E-state index in [0.717, 1.165) is 11.1 Å². The van der Waals surface area contributed by atoms with Crippen LogP contribution < -0.4 is 16.1 Å². The summed E-state index contributed by atoms with van der Waals surface area (Å²) in [4.78, 5) is 35.6. The van der Waals surface area contributed by atoms with Crippen LogP contribution in [0.15, 0.2) is 59.5 Å². The van der Waals surface area contributed by atoms with Crippen molar-refractivity contribution in [3.05, 3.63) is 65.7 Å². The van der Waals surface area contributed by atoms with Gasteiger partial charge in [0.2, 0.25) is 5.91 Å². The summed E-state index contributed by atoms with van der Waals surface area (Å²) in [6.45, 7) is 1.22. The van der Waals surface area contributed by atoms with Gasteiger partial charge in [0.15, 0.2) is 9.84 Å². The van der Waals surface area contributed by atoms with Crippen molar-refractivity contribution in [1.82, 2.24) is 16.1 Å². The van der Waals surface area contributed by atoms with Gasteiger partial charge in [0.1, 0.15) is 19.2 Å². The highest BCUT2D eigenvalue weighted by molar-refractivity contribution is 7.91. The lowest BCUT2D eigenvalue weighted by Crippen LogP contribution is -2.52. The number of carbonyl (C=O) groups excluding carboxylic acids is 3. The molecule has 0 fully saturated rings. The van der Waals surface area contributed by atoms with Crippen molar-refractivity contribution in [3.63, 3.8) is 0 Å². The monoisotopic (exact) mass is 449 g/mol. The maximum absolute atomic E-state index is 12.5. The minimum absolute atomic E-state index is 0.00136. The number of hydrogen-bond acceptors (Lipinski definition) is 7. The molecule has 0 aromatic heterocycles. The van der Waals surface area contributed by atoms with Crippen LogP contribution in [0, 0.1) is 6.92 Å². The molecule has 0 radical (unpaired) electrons. The molecule has 0 aliphatic rings. The molecule has 0 bridgehead atoms. The smallest absolute Gasteiger partial charge is 0.407 e. The lowest BCUT2D eigenvalue weighted by molar-refractivity contribution is -0.133. The first kappa shape index (κ1) is 23.8. The van der Waals surface area contributed by atoms with Gasteiger partial charge < -0.3 is 15.4 Å². The molecule has 0 heterocycles. The Morgan fingerprint density at radius 1 is 1.03 bits per heavy atom. The van der Waals surface area contributed by atoms with E-state index >= 15 is 0 Å². The van der Waals surface area contributed by atoms with Crippen molar-refractivity contribution in [2.45, 2.75) is 24.5 Å². The molecule has 0 aliphatic heterocycles. The Bertz CT molecular complexity index is 1010. The SMILES string of the molecule is Cc1ccc(S(=O)(=O)CC(NC(=O)CNC(=O)OCc2ccccc2)C(=O)NO)cc1. The van der Waals surface area contributed by atoms with E-state index in [1.807, 2.05) is 6.07 Å². The number of carbonyl (C=O) groups is 3. The number of nitrogens with one attached hydrogen (secondary N) is 3. The number of alkyl carbamates (subject to hydrolysis) is 1. The molecule has 3 amide bonds. The van der Waals surface area contributed by atoms with E-state index in [1.54, 1.807) is 43.3 Å². The summed E-state index contributed by atoms with van der Waals surface area (Å²) in [5, 5.41) is 13.3. The fraction of sp³-hybridized carbons (Fsp3) is 0.250. The summed E-state index contributed by atoms with van der Waals surface area (Å²) >= 11 is 0. The maximum Gasteiger partial charge on any atom is 0.407 e. The predicted molar refractivity (Wildman–Crippen MR) is 110 cm³/mol. The average Bonchev–Trinajstić information content (AvgIpc) is 2.76. The molecular formula is C20H23N3O7S. The number of ether oxygens (including phenoxy) is 1. The Balaban J connectivity index is 1.91. The van der Waals surface area contributed by atoms with E-state index in [4.69, 9.17) is 9.94 Å². The number of amides is 3. The third-order valence-corrected chi connectivity index (χ3v) is 5.90. The summed E-state index contributed by atoms with van der Waals surface area (Å²) in [5.41, 5.74) is 2.93. The number of hydrogen-bond donors (Lipinski definition) is 4. The standard InChI is InChI=1S/C20H23N3O7S/c1-14-7-9-16(10-8-14)31(28,29)13-17(19(25)23-27)22-18(24)11-21-20(26)30-12-15-5-3-2-4-6-15/h2-10,17,27H,11-13H2,1H3,(H,21,26)(H,22,24)(H,23,25). The minimum Gasteiger partial charge on any atom is -0.445 e. The topological polar surface area (TPSA) is 151 Å². The first-order chi connectivity index (χ1) is 14.7. The van der Waals surface area contributed by atoms with Gasteiger partial charge in [-0.2, -0.15) is 0 Å².